The van der Waals surface area contributed by atoms with Crippen LogP contribution in [0.3, 0.4) is 0 Å². The number of hydrogen-bond donors (Lipinski definition) is 2. The van der Waals surface area contributed by atoms with E-state index < -0.39 is 0 Å². The lowest BCUT2D eigenvalue weighted by Gasteiger charge is -2.12. The lowest BCUT2D eigenvalue weighted by Crippen LogP contribution is -2.38. The van der Waals surface area contributed by atoms with E-state index in [2.05, 4.69) is 39.7 Å². The van der Waals surface area contributed by atoms with Gasteiger partial charge in [-0.25, -0.2) is 0 Å². The van der Waals surface area contributed by atoms with Crippen LogP contribution < -0.4 is 10.6 Å². The summed E-state index contributed by atoms with van der Waals surface area (Å²) in [6, 6.07) is 11.9. The molecule has 0 bridgehead atoms. The van der Waals surface area contributed by atoms with E-state index in [4.69, 9.17) is 11.6 Å². The average molecular weight is 317 g/mol. The number of nitrogens with zero attached hydrogens (tertiary/aromatic N) is 2. The van der Waals surface area contributed by atoms with Crippen LogP contribution in [-0.2, 0) is 13.0 Å². The summed E-state index contributed by atoms with van der Waals surface area (Å²) in [7, 11) is 1.76. The second kappa shape index (κ2) is 8.39. The lowest BCUT2D eigenvalue weighted by molar-refractivity contribution is 0.780. The molecule has 116 valence electrons. The topological polar surface area (TPSA) is 49.3 Å². The molecule has 0 saturated heterocycles. The van der Waals surface area contributed by atoms with Gasteiger partial charge in [0.05, 0.1) is 12.2 Å². The van der Waals surface area contributed by atoms with E-state index in [1.54, 1.807) is 13.2 Å². The number of aromatic nitrogens is 1. The molecule has 0 radical (unpaired) electrons. The van der Waals surface area contributed by atoms with E-state index in [1.165, 1.54) is 11.1 Å². The summed E-state index contributed by atoms with van der Waals surface area (Å²) in [6.45, 7) is 3.50. The highest BCUT2D eigenvalue weighted by Crippen LogP contribution is 2.10. The molecule has 0 unspecified atom stereocenters. The summed E-state index contributed by atoms with van der Waals surface area (Å²) >= 11 is 5.98. The van der Waals surface area contributed by atoms with Crippen molar-refractivity contribution in [1.29, 1.82) is 0 Å². The Hall–Kier alpha value is -2.07. The molecule has 2 aromatic rings. The monoisotopic (exact) mass is 316 g/mol. The molecule has 0 amide bonds. The van der Waals surface area contributed by atoms with E-state index in [9.17, 15) is 0 Å². The summed E-state index contributed by atoms with van der Waals surface area (Å²) in [5, 5.41) is 7.34. The minimum atomic E-state index is 0.656. The molecule has 0 aliphatic heterocycles. The van der Waals surface area contributed by atoms with Crippen molar-refractivity contribution >= 4 is 17.6 Å². The Bertz CT molecular complexity index is 640. The van der Waals surface area contributed by atoms with Gasteiger partial charge in [0.1, 0.15) is 0 Å². The second-order valence-corrected chi connectivity index (χ2v) is 5.44. The van der Waals surface area contributed by atoms with Crippen LogP contribution in [0.1, 0.15) is 16.8 Å². The van der Waals surface area contributed by atoms with Gasteiger partial charge in [-0.2, -0.15) is 0 Å². The van der Waals surface area contributed by atoms with Crippen LogP contribution in [-0.4, -0.2) is 24.5 Å². The van der Waals surface area contributed by atoms with Gasteiger partial charge >= 0.3 is 0 Å². The van der Waals surface area contributed by atoms with Gasteiger partial charge in [-0.3, -0.25) is 9.98 Å². The number of benzene rings is 1. The SMILES string of the molecule is CN=C(NCCc1cccc(Cl)c1)NCc1ncccc1C. The van der Waals surface area contributed by atoms with E-state index in [1.807, 2.05) is 24.3 Å². The first kappa shape index (κ1) is 16.3. The van der Waals surface area contributed by atoms with E-state index in [-0.39, 0.29) is 0 Å². The quantitative estimate of drug-likeness (QED) is 0.658. The van der Waals surface area contributed by atoms with Crippen LogP contribution in [0.15, 0.2) is 47.6 Å². The predicted molar refractivity (Wildman–Crippen MR) is 92.3 cm³/mol. The third-order valence-electron chi connectivity index (χ3n) is 3.36. The summed E-state index contributed by atoms with van der Waals surface area (Å²) in [5.41, 5.74) is 3.40. The minimum absolute atomic E-state index is 0.656. The summed E-state index contributed by atoms with van der Waals surface area (Å²) in [5.74, 6) is 0.770. The fourth-order valence-electron chi connectivity index (χ4n) is 2.11. The predicted octanol–water partition coefficient (Wildman–Crippen LogP) is 2.95. The molecule has 0 aliphatic rings. The van der Waals surface area contributed by atoms with Crippen LogP contribution in [0, 0.1) is 6.92 Å². The molecule has 0 atom stereocenters. The molecule has 4 nitrogen and oxygen atoms in total. The van der Waals surface area contributed by atoms with Gasteiger partial charge < -0.3 is 10.6 Å². The Morgan fingerprint density at radius 3 is 2.82 bits per heavy atom. The number of nitrogens with one attached hydrogen (secondary N) is 2. The minimum Gasteiger partial charge on any atom is -0.356 e. The van der Waals surface area contributed by atoms with Gasteiger partial charge in [-0.05, 0) is 42.7 Å². The molecule has 0 aliphatic carbocycles. The first-order valence-corrected chi connectivity index (χ1v) is 7.66. The fourth-order valence-corrected chi connectivity index (χ4v) is 2.32. The Balaban J connectivity index is 1.79. The zero-order chi connectivity index (χ0) is 15.8. The normalized spacial score (nSPS) is 11.3. The van der Waals surface area contributed by atoms with Crippen LogP contribution in [0.4, 0.5) is 0 Å². The first-order valence-electron chi connectivity index (χ1n) is 7.28. The number of rotatable bonds is 5. The van der Waals surface area contributed by atoms with Crippen molar-refractivity contribution in [3.63, 3.8) is 0 Å². The number of pyridine rings is 1. The number of aliphatic imine (C=N–C) groups is 1. The van der Waals surface area contributed by atoms with Gasteiger partial charge in [0.25, 0.3) is 0 Å². The highest BCUT2D eigenvalue weighted by Gasteiger charge is 2.02. The van der Waals surface area contributed by atoms with Crippen LogP contribution >= 0.6 is 11.6 Å². The molecule has 0 fully saturated rings. The van der Waals surface area contributed by atoms with Gasteiger partial charge in [0, 0.05) is 24.8 Å². The van der Waals surface area contributed by atoms with Crippen LogP contribution in [0.2, 0.25) is 5.02 Å². The van der Waals surface area contributed by atoms with Crippen molar-refractivity contribution in [1.82, 2.24) is 15.6 Å². The smallest absolute Gasteiger partial charge is 0.191 e. The molecule has 1 aromatic heterocycles. The van der Waals surface area contributed by atoms with E-state index in [0.717, 1.165) is 29.6 Å². The summed E-state index contributed by atoms with van der Waals surface area (Å²) < 4.78 is 0. The van der Waals surface area contributed by atoms with Crippen molar-refractivity contribution in [3.05, 3.63) is 64.4 Å². The number of halogens is 1. The third-order valence-corrected chi connectivity index (χ3v) is 3.59. The molecular formula is C17H21ClN4. The van der Waals surface area contributed by atoms with Gasteiger partial charge in [-0.1, -0.05) is 29.8 Å². The highest BCUT2D eigenvalue weighted by atomic mass is 35.5. The molecule has 1 heterocycles. The van der Waals surface area contributed by atoms with E-state index >= 15 is 0 Å². The van der Waals surface area contributed by atoms with Gasteiger partial charge in [0.15, 0.2) is 5.96 Å². The highest BCUT2D eigenvalue weighted by molar-refractivity contribution is 6.30. The zero-order valence-corrected chi connectivity index (χ0v) is 13.7. The van der Waals surface area contributed by atoms with Crippen LogP contribution in [0.5, 0.6) is 0 Å². The second-order valence-electron chi connectivity index (χ2n) is 5.00. The molecule has 2 rings (SSSR count). The average Bonchev–Trinajstić information content (AvgIpc) is 2.52. The maximum Gasteiger partial charge on any atom is 0.191 e. The van der Waals surface area contributed by atoms with Gasteiger partial charge in [0.2, 0.25) is 0 Å². The van der Waals surface area contributed by atoms with Crippen LogP contribution in [0.25, 0.3) is 0 Å². The summed E-state index contributed by atoms with van der Waals surface area (Å²) in [4.78, 5) is 8.58. The zero-order valence-electron chi connectivity index (χ0n) is 12.9. The molecule has 0 saturated carbocycles. The lowest BCUT2D eigenvalue weighted by atomic mass is 10.1. The largest absolute Gasteiger partial charge is 0.356 e. The Kier molecular flexibility index (Phi) is 6.22. The first-order chi connectivity index (χ1) is 10.7. The molecule has 0 spiro atoms. The van der Waals surface area contributed by atoms with Crippen molar-refractivity contribution in [3.8, 4) is 0 Å². The third kappa shape index (κ3) is 5.04. The fraction of sp³-hybridized carbons (Fsp3) is 0.294. The summed E-state index contributed by atoms with van der Waals surface area (Å²) in [6.07, 6.45) is 2.70. The Morgan fingerprint density at radius 2 is 2.09 bits per heavy atom. The molecule has 22 heavy (non-hydrogen) atoms. The molecule has 5 heteroatoms. The molecular weight excluding hydrogens is 296 g/mol. The molecule has 2 N–H and O–H groups in total. The standard InChI is InChI=1S/C17H21ClN4/c1-13-5-4-9-20-16(13)12-22-17(19-2)21-10-8-14-6-3-7-15(18)11-14/h3-7,9,11H,8,10,12H2,1-2H3,(H2,19,21,22). The number of guanidine groups is 1. The van der Waals surface area contributed by atoms with Gasteiger partial charge in [-0.15, -0.1) is 0 Å². The maximum atomic E-state index is 5.98. The number of hydrogen-bond acceptors (Lipinski definition) is 2. The number of aryl methyl sites for hydroxylation is 1. The van der Waals surface area contributed by atoms with Crippen molar-refractivity contribution in [2.45, 2.75) is 19.9 Å². The Labute approximate surface area is 136 Å². The maximum absolute atomic E-state index is 5.98. The Morgan fingerprint density at radius 1 is 1.23 bits per heavy atom. The van der Waals surface area contributed by atoms with Crippen molar-refractivity contribution < 1.29 is 0 Å². The van der Waals surface area contributed by atoms with Crippen molar-refractivity contribution in [2.24, 2.45) is 4.99 Å². The van der Waals surface area contributed by atoms with E-state index in [0.29, 0.717) is 6.54 Å². The van der Waals surface area contributed by atoms with Crippen molar-refractivity contribution in [2.75, 3.05) is 13.6 Å². The molecule has 1 aromatic carbocycles.